The van der Waals surface area contributed by atoms with Gasteiger partial charge in [0.25, 0.3) is 0 Å². The number of rotatable bonds is 9. The molecule has 0 amide bonds. The van der Waals surface area contributed by atoms with E-state index in [0.717, 1.165) is 19.5 Å². The van der Waals surface area contributed by atoms with Crippen LogP contribution in [0, 0.1) is 5.92 Å². The second-order valence-electron chi connectivity index (χ2n) is 4.88. The van der Waals surface area contributed by atoms with Gasteiger partial charge >= 0.3 is 0 Å². The van der Waals surface area contributed by atoms with E-state index in [4.69, 9.17) is 0 Å². The van der Waals surface area contributed by atoms with Crippen molar-refractivity contribution in [3.05, 3.63) is 0 Å². The molecule has 0 spiro atoms. The lowest BCUT2D eigenvalue weighted by atomic mass is 10.1. The van der Waals surface area contributed by atoms with Crippen LogP contribution in [0.25, 0.3) is 0 Å². The third kappa shape index (κ3) is 8.05. The van der Waals surface area contributed by atoms with Gasteiger partial charge in [-0.25, -0.2) is 0 Å². The number of hydrogen-bond acceptors (Lipinski definition) is 4. The van der Waals surface area contributed by atoms with E-state index >= 15 is 0 Å². The van der Waals surface area contributed by atoms with E-state index in [1.54, 1.807) is 6.92 Å². The Morgan fingerprint density at radius 3 is 2.19 bits per heavy atom. The molecule has 0 aliphatic carbocycles. The van der Waals surface area contributed by atoms with E-state index in [9.17, 15) is 10.2 Å². The third-order valence-corrected chi connectivity index (χ3v) is 2.64. The summed E-state index contributed by atoms with van der Waals surface area (Å²) in [5, 5.41) is 22.3. The SMILES string of the molecule is CNCCCN(CC(C)O)CC(O)C(C)C. The average molecular weight is 232 g/mol. The molecule has 98 valence electrons. The molecule has 0 bridgehead atoms. The van der Waals surface area contributed by atoms with Crippen molar-refractivity contribution in [1.29, 1.82) is 0 Å². The second kappa shape index (κ2) is 8.93. The molecular weight excluding hydrogens is 204 g/mol. The average Bonchev–Trinajstić information content (AvgIpc) is 2.16. The number of aliphatic hydroxyl groups excluding tert-OH is 2. The highest BCUT2D eigenvalue weighted by Crippen LogP contribution is 2.05. The Labute approximate surface area is 99.7 Å². The van der Waals surface area contributed by atoms with Gasteiger partial charge in [0.05, 0.1) is 12.2 Å². The molecular formula is C12H28N2O2. The van der Waals surface area contributed by atoms with Crippen LogP contribution in [-0.4, -0.2) is 60.5 Å². The second-order valence-corrected chi connectivity index (χ2v) is 4.88. The summed E-state index contributed by atoms with van der Waals surface area (Å²) in [6.07, 6.45) is 0.385. The lowest BCUT2D eigenvalue weighted by Gasteiger charge is -2.27. The van der Waals surface area contributed by atoms with Crippen LogP contribution in [0.2, 0.25) is 0 Å². The Morgan fingerprint density at radius 2 is 1.75 bits per heavy atom. The molecule has 3 N–H and O–H groups in total. The molecule has 0 saturated heterocycles. The van der Waals surface area contributed by atoms with Gasteiger partial charge in [-0.15, -0.1) is 0 Å². The monoisotopic (exact) mass is 232 g/mol. The number of nitrogens with one attached hydrogen (secondary N) is 1. The van der Waals surface area contributed by atoms with Crippen LogP contribution in [-0.2, 0) is 0 Å². The summed E-state index contributed by atoms with van der Waals surface area (Å²) < 4.78 is 0. The van der Waals surface area contributed by atoms with Gasteiger partial charge < -0.3 is 15.5 Å². The quantitative estimate of drug-likeness (QED) is 0.500. The summed E-state index contributed by atoms with van der Waals surface area (Å²) in [5.74, 6) is 0.265. The number of nitrogens with zero attached hydrogens (tertiary/aromatic N) is 1. The summed E-state index contributed by atoms with van der Waals surface area (Å²) in [7, 11) is 1.93. The van der Waals surface area contributed by atoms with Crippen molar-refractivity contribution in [2.45, 2.75) is 39.4 Å². The summed E-state index contributed by atoms with van der Waals surface area (Å²) in [6, 6.07) is 0. The first-order valence-corrected chi connectivity index (χ1v) is 6.20. The van der Waals surface area contributed by atoms with Crippen molar-refractivity contribution in [3.63, 3.8) is 0 Å². The van der Waals surface area contributed by atoms with Gasteiger partial charge in [-0.05, 0) is 39.4 Å². The summed E-state index contributed by atoms with van der Waals surface area (Å²) in [6.45, 7) is 8.97. The number of aliphatic hydroxyl groups is 2. The molecule has 2 unspecified atom stereocenters. The van der Waals surface area contributed by atoms with Gasteiger partial charge in [0.15, 0.2) is 0 Å². The van der Waals surface area contributed by atoms with Crippen LogP contribution < -0.4 is 5.32 Å². The van der Waals surface area contributed by atoms with E-state index in [1.807, 2.05) is 20.9 Å². The standard InChI is InChI=1S/C12H28N2O2/c1-10(2)12(16)9-14(8-11(3)15)7-5-6-13-4/h10-13,15-16H,5-9H2,1-4H3. The topological polar surface area (TPSA) is 55.7 Å². The Hall–Kier alpha value is -0.160. The van der Waals surface area contributed by atoms with Crippen molar-refractivity contribution in [2.75, 3.05) is 33.2 Å². The predicted molar refractivity (Wildman–Crippen MR) is 67.5 cm³/mol. The maximum Gasteiger partial charge on any atom is 0.0689 e. The van der Waals surface area contributed by atoms with E-state index in [0.29, 0.717) is 13.1 Å². The predicted octanol–water partition coefficient (Wildman–Crippen LogP) is 0.296. The van der Waals surface area contributed by atoms with Gasteiger partial charge in [-0.3, -0.25) is 4.90 Å². The molecule has 0 aromatic carbocycles. The lowest BCUT2D eigenvalue weighted by molar-refractivity contribution is 0.0529. The fourth-order valence-electron chi connectivity index (χ4n) is 1.59. The highest BCUT2D eigenvalue weighted by atomic mass is 16.3. The molecule has 0 saturated carbocycles. The maximum atomic E-state index is 9.83. The Bertz CT molecular complexity index is 163. The minimum atomic E-state index is -0.339. The highest BCUT2D eigenvalue weighted by Gasteiger charge is 2.15. The molecule has 0 heterocycles. The zero-order valence-corrected chi connectivity index (χ0v) is 11.1. The molecule has 0 fully saturated rings. The molecule has 0 aromatic heterocycles. The molecule has 2 atom stereocenters. The van der Waals surface area contributed by atoms with E-state index in [1.165, 1.54) is 0 Å². The molecule has 0 rings (SSSR count). The van der Waals surface area contributed by atoms with Crippen molar-refractivity contribution >= 4 is 0 Å². The Kier molecular flexibility index (Phi) is 8.84. The zero-order valence-electron chi connectivity index (χ0n) is 11.1. The maximum absolute atomic E-state index is 9.83. The van der Waals surface area contributed by atoms with Gasteiger partial charge in [-0.1, -0.05) is 13.8 Å². The summed E-state index contributed by atoms with van der Waals surface area (Å²) in [5.41, 5.74) is 0. The minimum absolute atomic E-state index is 0.265. The van der Waals surface area contributed by atoms with Crippen LogP contribution in [0.1, 0.15) is 27.2 Å². The normalized spacial score (nSPS) is 15.8. The van der Waals surface area contributed by atoms with E-state index in [2.05, 4.69) is 10.2 Å². The first-order chi connectivity index (χ1) is 7.47. The summed E-state index contributed by atoms with van der Waals surface area (Å²) >= 11 is 0. The molecule has 0 aliphatic rings. The van der Waals surface area contributed by atoms with Crippen LogP contribution in [0.4, 0.5) is 0 Å². The van der Waals surface area contributed by atoms with Crippen LogP contribution in [0.5, 0.6) is 0 Å². The zero-order chi connectivity index (χ0) is 12.6. The van der Waals surface area contributed by atoms with Crippen LogP contribution >= 0.6 is 0 Å². The summed E-state index contributed by atoms with van der Waals surface area (Å²) in [4.78, 5) is 2.13. The van der Waals surface area contributed by atoms with Gasteiger partial charge in [0.2, 0.25) is 0 Å². The highest BCUT2D eigenvalue weighted by molar-refractivity contribution is 4.69. The van der Waals surface area contributed by atoms with Crippen LogP contribution in [0.3, 0.4) is 0 Å². The van der Waals surface area contributed by atoms with Crippen molar-refractivity contribution in [1.82, 2.24) is 10.2 Å². The van der Waals surface area contributed by atoms with Gasteiger partial charge in [0, 0.05) is 13.1 Å². The number of hydrogen-bond donors (Lipinski definition) is 3. The molecule has 0 aromatic rings. The van der Waals surface area contributed by atoms with Gasteiger partial charge in [0.1, 0.15) is 0 Å². The Morgan fingerprint density at radius 1 is 1.12 bits per heavy atom. The fraction of sp³-hybridized carbons (Fsp3) is 1.00. The first-order valence-electron chi connectivity index (χ1n) is 6.20. The minimum Gasteiger partial charge on any atom is -0.392 e. The van der Waals surface area contributed by atoms with Crippen molar-refractivity contribution < 1.29 is 10.2 Å². The molecule has 16 heavy (non-hydrogen) atoms. The molecule has 4 nitrogen and oxygen atoms in total. The first kappa shape index (κ1) is 15.8. The van der Waals surface area contributed by atoms with E-state index < -0.39 is 0 Å². The molecule has 0 radical (unpaired) electrons. The van der Waals surface area contributed by atoms with Crippen molar-refractivity contribution in [2.24, 2.45) is 5.92 Å². The smallest absolute Gasteiger partial charge is 0.0689 e. The molecule has 0 aliphatic heterocycles. The van der Waals surface area contributed by atoms with Gasteiger partial charge in [-0.2, -0.15) is 0 Å². The lowest BCUT2D eigenvalue weighted by Crippen LogP contribution is -2.40. The van der Waals surface area contributed by atoms with E-state index in [-0.39, 0.29) is 18.1 Å². The van der Waals surface area contributed by atoms with Crippen LogP contribution in [0.15, 0.2) is 0 Å². The Balaban J connectivity index is 3.98. The third-order valence-electron chi connectivity index (χ3n) is 2.64. The van der Waals surface area contributed by atoms with Crippen molar-refractivity contribution in [3.8, 4) is 0 Å². The largest absolute Gasteiger partial charge is 0.392 e. The molecule has 4 heteroatoms. The fourth-order valence-corrected chi connectivity index (χ4v) is 1.59.